The van der Waals surface area contributed by atoms with Crippen LogP contribution in [0.15, 0.2) is 11.6 Å². The van der Waals surface area contributed by atoms with Crippen LogP contribution in [0.3, 0.4) is 0 Å². The smallest absolute Gasteiger partial charge is 0.299 e. The highest BCUT2D eigenvalue weighted by Crippen LogP contribution is 2.04. The Kier molecular flexibility index (Phi) is 4.72. The van der Waals surface area contributed by atoms with Crippen LogP contribution in [0, 0.1) is 0 Å². The fourth-order valence-electron chi connectivity index (χ4n) is 0.739. The minimum Gasteiger partial charge on any atom is -0.480 e. The lowest BCUT2D eigenvalue weighted by molar-refractivity contribution is 0.0870. The van der Waals surface area contributed by atoms with Crippen molar-refractivity contribution in [3.8, 4) is 0 Å². The number of aliphatic hydroxyl groups excluding tert-OH is 2. The summed E-state index contributed by atoms with van der Waals surface area (Å²) in [5.41, 5.74) is 4.87. The molecule has 14 heavy (non-hydrogen) atoms. The highest BCUT2D eigenvalue weighted by Gasteiger charge is 2.18. The maximum atomic E-state index is 10.8. The van der Waals surface area contributed by atoms with Gasteiger partial charge in [0, 0.05) is 6.26 Å². The average molecular weight is 225 g/mol. The van der Waals surface area contributed by atoms with Gasteiger partial charge in [-0.3, -0.25) is 0 Å². The number of nitrogens with two attached hydrogens (primary N) is 1. The largest absolute Gasteiger partial charge is 0.480 e. The van der Waals surface area contributed by atoms with Crippen LogP contribution in [0.2, 0.25) is 0 Å². The fraction of sp³-hybridized carbons (Fsp3) is 0.714. The number of rotatable bonds is 5. The van der Waals surface area contributed by atoms with Crippen LogP contribution in [0.5, 0.6) is 0 Å². The summed E-state index contributed by atoms with van der Waals surface area (Å²) in [6.45, 7) is 1.80. The molecule has 0 fully saturated rings. The molecule has 4 N–H and O–H groups in total. The molecule has 0 heterocycles. The van der Waals surface area contributed by atoms with Gasteiger partial charge < -0.3 is 20.7 Å². The number of hydrogen-bond donors (Lipinski definition) is 3. The van der Waals surface area contributed by atoms with E-state index in [1.807, 2.05) is 0 Å². The molecule has 0 radical (unpaired) electrons. The molecule has 7 heteroatoms. The molecule has 0 aromatic heterocycles. The third kappa shape index (κ3) is 4.93. The van der Waals surface area contributed by atoms with Gasteiger partial charge in [0.25, 0.3) is 5.95 Å². The molecule has 0 rings (SSSR count). The van der Waals surface area contributed by atoms with Crippen molar-refractivity contribution in [1.82, 2.24) is 0 Å². The molecule has 1 atom stereocenters. The van der Waals surface area contributed by atoms with Crippen molar-refractivity contribution in [1.29, 1.82) is 0 Å². The predicted octanol–water partition coefficient (Wildman–Crippen LogP) is -0.886. The van der Waals surface area contributed by atoms with Crippen LogP contribution < -0.4 is 5.73 Å². The highest BCUT2D eigenvalue weighted by molar-refractivity contribution is 7.90. The molecule has 0 saturated heterocycles. The first kappa shape index (κ1) is 13.1. The normalized spacial score (nSPS) is 15.9. The van der Waals surface area contributed by atoms with E-state index in [9.17, 15) is 13.5 Å². The van der Waals surface area contributed by atoms with Gasteiger partial charge in [0.15, 0.2) is 0 Å². The Morgan fingerprint density at radius 3 is 2.43 bits per heavy atom. The van der Waals surface area contributed by atoms with E-state index in [1.165, 1.54) is 0 Å². The van der Waals surface area contributed by atoms with Crippen molar-refractivity contribution >= 4 is 9.84 Å². The van der Waals surface area contributed by atoms with E-state index in [2.05, 4.69) is 4.74 Å². The van der Waals surface area contributed by atoms with Crippen LogP contribution in [-0.2, 0) is 14.6 Å². The van der Waals surface area contributed by atoms with Crippen molar-refractivity contribution in [2.45, 2.75) is 13.0 Å². The third-order valence-corrected chi connectivity index (χ3v) is 2.27. The van der Waals surface area contributed by atoms with Gasteiger partial charge in [0.1, 0.15) is 21.6 Å². The lowest BCUT2D eigenvalue weighted by atomic mass is 10.3. The molecule has 0 aliphatic rings. The zero-order valence-electron chi connectivity index (χ0n) is 8.10. The van der Waals surface area contributed by atoms with Crippen LogP contribution in [0.1, 0.15) is 6.92 Å². The molecule has 6 nitrogen and oxygen atoms in total. The first-order valence-corrected chi connectivity index (χ1v) is 6.01. The molecule has 0 amide bonds. The maximum absolute atomic E-state index is 10.8. The number of hydrogen-bond acceptors (Lipinski definition) is 6. The van der Waals surface area contributed by atoms with Crippen molar-refractivity contribution in [2.24, 2.45) is 5.73 Å². The second kappa shape index (κ2) is 5.06. The first-order chi connectivity index (χ1) is 6.28. The molecular formula is C7H15NO5S. The fourth-order valence-corrected chi connectivity index (χ4v) is 1.49. The summed E-state index contributed by atoms with van der Waals surface area (Å²) in [5.74, 6) is -1.18. The highest BCUT2D eigenvalue weighted by atomic mass is 32.2. The topological polar surface area (TPSA) is 110 Å². The SMILES string of the molecule is CCO/C(O)=C(/N)C(O)CS(C)(=O)=O. The van der Waals surface area contributed by atoms with Crippen molar-refractivity contribution in [3.05, 3.63) is 11.6 Å². The summed E-state index contributed by atoms with van der Waals surface area (Å²) < 4.78 is 26.1. The molecule has 0 aliphatic carbocycles. The van der Waals surface area contributed by atoms with Crippen LogP contribution in [0.25, 0.3) is 0 Å². The maximum Gasteiger partial charge on any atom is 0.299 e. The molecule has 0 spiro atoms. The van der Waals surface area contributed by atoms with Gasteiger partial charge in [-0.1, -0.05) is 0 Å². The monoisotopic (exact) mass is 225 g/mol. The minimum atomic E-state index is -3.35. The Hall–Kier alpha value is -0.950. The van der Waals surface area contributed by atoms with Crippen molar-refractivity contribution in [3.63, 3.8) is 0 Å². The summed E-state index contributed by atoms with van der Waals surface area (Å²) in [6, 6.07) is 0. The van der Waals surface area contributed by atoms with Crippen molar-refractivity contribution in [2.75, 3.05) is 18.6 Å². The summed E-state index contributed by atoms with van der Waals surface area (Å²) in [7, 11) is -3.35. The molecule has 0 aromatic rings. The number of ether oxygens (including phenoxy) is 1. The van der Waals surface area contributed by atoms with E-state index in [-0.39, 0.29) is 12.3 Å². The van der Waals surface area contributed by atoms with E-state index in [4.69, 9.17) is 10.8 Å². The van der Waals surface area contributed by atoms with Crippen LogP contribution >= 0.6 is 0 Å². The predicted molar refractivity (Wildman–Crippen MR) is 51.2 cm³/mol. The summed E-state index contributed by atoms with van der Waals surface area (Å²) >= 11 is 0. The molecule has 0 aliphatic heterocycles. The van der Waals surface area contributed by atoms with Crippen LogP contribution in [0.4, 0.5) is 0 Å². The van der Waals surface area contributed by atoms with Gasteiger partial charge in [-0.05, 0) is 6.92 Å². The van der Waals surface area contributed by atoms with E-state index in [0.29, 0.717) is 0 Å². The van der Waals surface area contributed by atoms with E-state index in [1.54, 1.807) is 6.92 Å². The molecule has 0 aromatic carbocycles. The lowest BCUT2D eigenvalue weighted by Gasteiger charge is -2.11. The lowest BCUT2D eigenvalue weighted by Crippen LogP contribution is -2.28. The van der Waals surface area contributed by atoms with Gasteiger partial charge in [-0.15, -0.1) is 0 Å². The summed E-state index contributed by atoms with van der Waals surface area (Å²) in [6.07, 6.45) is -0.488. The van der Waals surface area contributed by atoms with Gasteiger partial charge in [-0.2, -0.15) is 0 Å². The molecule has 1 unspecified atom stereocenters. The van der Waals surface area contributed by atoms with E-state index in [0.717, 1.165) is 6.26 Å². The van der Waals surface area contributed by atoms with Crippen LogP contribution in [-0.4, -0.2) is 43.4 Å². The molecule has 0 saturated carbocycles. The Bertz CT molecular complexity index is 308. The van der Waals surface area contributed by atoms with E-state index >= 15 is 0 Å². The van der Waals surface area contributed by atoms with E-state index < -0.39 is 27.6 Å². The Morgan fingerprint density at radius 1 is 1.57 bits per heavy atom. The minimum absolute atomic E-state index is 0.179. The zero-order valence-corrected chi connectivity index (χ0v) is 8.91. The van der Waals surface area contributed by atoms with Gasteiger partial charge in [0.05, 0.1) is 12.4 Å². The second-order valence-electron chi connectivity index (χ2n) is 2.80. The van der Waals surface area contributed by atoms with Gasteiger partial charge >= 0.3 is 0 Å². The molecule has 0 bridgehead atoms. The summed E-state index contributed by atoms with van der Waals surface area (Å²) in [4.78, 5) is 0. The Labute approximate surface area is 82.9 Å². The quantitative estimate of drug-likeness (QED) is 0.524. The van der Waals surface area contributed by atoms with Crippen molar-refractivity contribution < 1.29 is 23.4 Å². The molecule has 84 valence electrons. The Morgan fingerprint density at radius 2 is 2.07 bits per heavy atom. The second-order valence-corrected chi connectivity index (χ2v) is 4.99. The standard InChI is InChI=1S/C7H15NO5S/c1-3-13-7(10)6(8)5(9)4-14(2,11)12/h5,9-10H,3-4,8H2,1-2H3/b7-6+. The van der Waals surface area contributed by atoms with Gasteiger partial charge in [-0.25, -0.2) is 8.42 Å². The number of aliphatic hydroxyl groups is 2. The molecular weight excluding hydrogens is 210 g/mol. The number of sulfone groups is 1. The Balaban J connectivity index is 4.53. The third-order valence-electron chi connectivity index (χ3n) is 1.35. The van der Waals surface area contributed by atoms with Gasteiger partial charge in [0.2, 0.25) is 0 Å². The first-order valence-electron chi connectivity index (χ1n) is 3.95. The average Bonchev–Trinajstić information content (AvgIpc) is 2.00. The summed E-state index contributed by atoms with van der Waals surface area (Å²) in [5, 5.41) is 18.3. The zero-order chi connectivity index (χ0) is 11.4.